The number of anilines is 1. The average molecular weight is 440 g/mol. The summed E-state index contributed by atoms with van der Waals surface area (Å²) in [7, 11) is 0. The molecule has 0 fully saturated rings. The van der Waals surface area contributed by atoms with Gasteiger partial charge in [0, 0.05) is 21.2 Å². The number of aromatic nitrogens is 3. The molecule has 0 atom stereocenters. The smallest absolute Gasteiger partial charge is 0.234 e. The molecule has 6 nitrogen and oxygen atoms in total. The van der Waals surface area contributed by atoms with Gasteiger partial charge in [0.05, 0.1) is 10.8 Å². The van der Waals surface area contributed by atoms with Crippen LogP contribution in [0.1, 0.15) is 0 Å². The van der Waals surface area contributed by atoms with Gasteiger partial charge in [0.15, 0.2) is 5.82 Å². The average Bonchev–Trinajstić information content (AvgIpc) is 3.01. The molecule has 2 aromatic carbocycles. The third-order valence-electron chi connectivity index (χ3n) is 3.54. The molecule has 0 unspecified atom stereocenters. The molecule has 1 aromatic heterocycles. The lowest BCUT2D eigenvalue weighted by Gasteiger charge is -2.07. The summed E-state index contributed by atoms with van der Waals surface area (Å²) in [5.74, 6) is 6.44. The Labute approximate surface area is 174 Å². The van der Waals surface area contributed by atoms with E-state index in [0.717, 1.165) is 10.6 Å². The highest BCUT2D eigenvalue weighted by Crippen LogP contribution is 2.30. The maximum absolute atomic E-state index is 12.1. The van der Waals surface area contributed by atoms with Gasteiger partial charge in [0.25, 0.3) is 0 Å². The number of nitrogens with one attached hydrogen (secondary N) is 1. The number of nitrogen functional groups attached to an aromatic ring is 1. The van der Waals surface area contributed by atoms with Crippen LogP contribution in [0.15, 0.2) is 52.5 Å². The Morgan fingerprint density at radius 2 is 1.93 bits per heavy atom. The molecule has 1 amide bonds. The number of nitrogens with zero attached hydrogens (tertiary/aromatic N) is 3. The predicted molar refractivity (Wildman–Crippen MR) is 113 cm³/mol. The lowest BCUT2D eigenvalue weighted by molar-refractivity contribution is -0.113. The highest BCUT2D eigenvalue weighted by Gasteiger charge is 2.16. The molecule has 0 saturated heterocycles. The Balaban J connectivity index is 1.64. The quantitative estimate of drug-likeness (QED) is 0.436. The first kappa shape index (κ1) is 19.9. The first-order valence-corrected chi connectivity index (χ1v) is 10.7. The summed E-state index contributed by atoms with van der Waals surface area (Å²) in [6, 6.07) is 12.6. The monoisotopic (exact) mass is 439 g/mol. The summed E-state index contributed by atoms with van der Waals surface area (Å²) in [4.78, 5) is 13.3. The van der Waals surface area contributed by atoms with Crippen LogP contribution in [-0.2, 0) is 4.79 Å². The second-order valence-electron chi connectivity index (χ2n) is 5.37. The van der Waals surface area contributed by atoms with Gasteiger partial charge in [0.1, 0.15) is 0 Å². The largest absolute Gasteiger partial charge is 0.335 e. The Kier molecular flexibility index (Phi) is 6.54. The molecule has 0 bridgehead atoms. The van der Waals surface area contributed by atoms with E-state index < -0.39 is 0 Å². The van der Waals surface area contributed by atoms with Crippen molar-refractivity contribution in [3.63, 3.8) is 0 Å². The summed E-state index contributed by atoms with van der Waals surface area (Å²) >= 11 is 14.9. The number of amides is 1. The molecule has 10 heteroatoms. The van der Waals surface area contributed by atoms with Crippen LogP contribution in [0.5, 0.6) is 0 Å². The van der Waals surface area contributed by atoms with Gasteiger partial charge in [0.2, 0.25) is 11.1 Å². The molecule has 0 spiro atoms. The van der Waals surface area contributed by atoms with E-state index in [9.17, 15) is 4.79 Å². The minimum absolute atomic E-state index is 0.147. The zero-order chi connectivity index (χ0) is 19.4. The van der Waals surface area contributed by atoms with E-state index in [1.165, 1.54) is 16.4 Å². The van der Waals surface area contributed by atoms with E-state index in [2.05, 4.69) is 15.5 Å². The van der Waals surface area contributed by atoms with Gasteiger partial charge in [-0.25, -0.2) is 4.68 Å². The van der Waals surface area contributed by atoms with Gasteiger partial charge < -0.3 is 11.2 Å². The SMILES string of the molecule is CSc1ccc(NC(=O)CSc2nnc(-c3ccc(Cl)cc3Cl)n2N)cc1. The van der Waals surface area contributed by atoms with E-state index in [-0.39, 0.29) is 11.7 Å². The second kappa shape index (κ2) is 8.88. The Hall–Kier alpha value is -1.87. The molecule has 1 heterocycles. The van der Waals surface area contributed by atoms with Crippen LogP contribution in [0, 0.1) is 0 Å². The van der Waals surface area contributed by atoms with Gasteiger partial charge in [-0.05, 0) is 48.7 Å². The molecule has 0 aliphatic carbocycles. The van der Waals surface area contributed by atoms with Gasteiger partial charge in [-0.15, -0.1) is 22.0 Å². The fourth-order valence-electron chi connectivity index (χ4n) is 2.23. The number of halogens is 2. The molecule has 27 heavy (non-hydrogen) atoms. The predicted octanol–water partition coefficient (Wildman–Crippen LogP) is 4.42. The summed E-state index contributed by atoms with van der Waals surface area (Å²) in [5, 5.41) is 12.3. The molecule has 0 aliphatic rings. The number of rotatable bonds is 6. The number of hydrogen-bond acceptors (Lipinski definition) is 6. The summed E-state index contributed by atoms with van der Waals surface area (Å²) in [5.41, 5.74) is 1.35. The van der Waals surface area contributed by atoms with E-state index in [1.807, 2.05) is 30.5 Å². The van der Waals surface area contributed by atoms with Crippen molar-refractivity contribution < 1.29 is 4.79 Å². The normalized spacial score (nSPS) is 10.8. The third kappa shape index (κ3) is 4.90. The van der Waals surface area contributed by atoms with Gasteiger partial charge in [-0.1, -0.05) is 35.0 Å². The minimum atomic E-state index is -0.161. The van der Waals surface area contributed by atoms with E-state index in [0.29, 0.717) is 26.6 Å². The van der Waals surface area contributed by atoms with Crippen molar-refractivity contribution in [3.8, 4) is 11.4 Å². The van der Waals surface area contributed by atoms with Crippen LogP contribution in [-0.4, -0.2) is 32.8 Å². The van der Waals surface area contributed by atoms with Crippen molar-refractivity contribution in [2.75, 3.05) is 23.2 Å². The molecular weight excluding hydrogens is 425 g/mol. The zero-order valence-electron chi connectivity index (χ0n) is 14.1. The topological polar surface area (TPSA) is 85.8 Å². The Morgan fingerprint density at radius 3 is 2.59 bits per heavy atom. The molecule has 0 saturated carbocycles. The zero-order valence-corrected chi connectivity index (χ0v) is 17.3. The van der Waals surface area contributed by atoms with Crippen LogP contribution in [0.25, 0.3) is 11.4 Å². The molecule has 0 radical (unpaired) electrons. The first-order chi connectivity index (χ1) is 13.0. The maximum Gasteiger partial charge on any atom is 0.234 e. The molecule has 3 N–H and O–H groups in total. The second-order valence-corrected chi connectivity index (χ2v) is 8.03. The van der Waals surface area contributed by atoms with E-state index >= 15 is 0 Å². The lowest BCUT2D eigenvalue weighted by atomic mass is 10.2. The lowest BCUT2D eigenvalue weighted by Crippen LogP contribution is -2.16. The number of carbonyl (C=O) groups is 1. The van der Waals surface area contributed by atoms with Gasteiger partial charge >= 0.3 is 0 Å². The number of thioether (sulfide) groups is 2. The Morgan fingerprint density at radius 1 is 1.19 bits per heavy atom. The Bertz CT molecular complexity index is 962. The highest BCUT2D eigenvalue weighted by atomic mass is 35.5. The van der Waals surface area contributed by atoms with E-state index in [4.69, 9.17) is 29.0 Å². The van der Waals surface area contributed by atoms with Crippen LogP contribution >= 0.6 is 46.7 Å². The molecule has 3 rings (SSSR count). The molecule has 140 valence electrons. The fourth-order valence-corrected chi connectivity index (χ4v) is 3.79. The molecule has 0 aliphatic heterocycles. The summed E-state index contributed by atoms with van der Waals surface area (Å²) < 4.78 is 1.31. The summed E-state index contributed by atoms with van der Waals surface area (Å²) in [6.45, 7) is 0. The van der Waals surface area contributed by atoms with Crippen molar-refractivity contribution in [3.05, 3.63) is 52.5 Å². The van der Waals surface area contributed by atoms with Gasteiger partial charge in [-0.2, -0.15) is 0 Å². The minimum Gasteiger partial charge on any atom is -0.335 e. The molecular formula is C17H15Cl2N5OS2. The number of carbonyl (C=O) groups excluding carboxylic acids is 1. The maximum atomic E-state index is 12.1. The number of nitrogens with two attached hydrogens (primary N) is 1. The van der Waals surface area contributed by atoms with Crippen molar-refractivity contribution in [1.82, 2.24) is 14.9 Å². The highest BCUT2D eigenvalue weighted by molar-refractivity contribution is 7.99. The van der Waals surface area contributed by atoms with E-state index in [1.54, 1.807) is 30.0 Å². The van der Waals surface area contributed by atoms with Gasteiger partial charge in [-0.3, -0.25) is 4.79 Å². The fraction of sp³-hybridized carbons (Fsp3) is 0.118. The number of benzene rings is 2. The summed E-state index contributed by atoms with van der Waals surface area (Å²) in [6.07, 6.45) is 2.00. The third-order valence-corrected chi connectivity index (χ3v) is 5.78. The van der Waals surface area contributed by atoms with Crippen LogP contribution in [0.2, 0.25) is 10.0 Å². The van der Waals surface area contributed by atoms with Crippen molar-refractivity contribution >= 4 is 58.3 Å². The van der Waals surface area contributed by atoms with Crippen LogP contribution in [0.3, 0.4) is 0 Å². The van der Waals surface area contributed by atoms with Crippen LogP contribution in [0.4, 0.5) is 5.69 Å². The van der Waals surface area contributed by atoms with Crippen molar-refractivity contribution in [1.29, 1.82) is 0 Å². The first-order valence-electron chi connectivity index (χ1n) is 7.70. The molecule has 3 aromatic rings. The van der Waals surface area contributed by atoms with Crippen molar-refractivity contribution in [2.24, 2.45) is 0 Å². The standard InChI is InChI=1S/C17H15Cl2N5OS2/c1-26-12-5-3-11(4-6-12)21-15(25)9-27-17-23-22-16(24(17)20)13-7-2-10(18)8-14(13)19/h2-8H,9,20H2,1H3,(H,21,25). The number of hydrogen-bond donors (Lipinski definition) is 2. The van der Waals surface area contributed by atoms with Crippen LogP contribution < -0.4 is 11.2 Å². The van der Waals surface area contributed by atoms with Crippen molar-refractivity contribution in [2.45, 2.75) is 10.1 Å².